The molecule has 55 heavy (non-hydrogen) atoms. The molecule has 18 heteroatoms. The molecule has 4 aromatic rings. The highest BCUT2D eigenvalue weighted by atomic mass is 35.5. The van der Waals surface area contributed by atoms with E-state index < -0.39 is 41.1 Å². The fourth-order valence-electron chi connectivity index (χ4n) is 6.85. The first-order valence-corrected chi connectivity index (χ1v) is 18.0. The topological polar surface area (TPSA) is 203 Å². The number of amides is 5. The van der Waals surface area contributed by atoms with Gasteiger partial charge in [-0.25, -0.2) is 4.98 Å². The number of likely N-dealkylation sites (N-methyl/N-ethyl adjacent to an activating group) is 1. The Hall–Kier alpha value is -6.07. The average molecular weight is 773 g/mol. The lowest BCUT2D eigenvalue weighted by atomic mass is 10.0. The van der Waals surface area contributed by atoms with Gasteiger partial charge in [0.2, 0.25) is 17.8 Å². The molecule has 3 aliphatic rings. The van der Waals surface area contributed by atoms with Gasteiger partial charge in [0.25, 0.3) is 23.3 Å². The zero-order valence-electron chi connectivity index (χ0n) is 30.1. The van der Waals surface area contributed by atoms with Crippen LogP contribution in [0, 0.1) is 0 Å². The summed E-state index contributed by atoms with van der Waals surface area (Å²) in [6, 6.07) is 10.1. The Morgan fingerprint density at radius 2 is 1.76 bits per heavy atom. The molecule has 3 N–H and O–H groups in total. The lowest BCUT2D eigenvalue weighted by Gasteiger charge is -2.35. The molecule has 2 saturated heterocycles. The number of ether oxygens (including phenoxy) is 3. The van der Waals surface area contributed by atoms with E-state index in [1.54, 1.807) is 24.3 Å². The Morgan fingerprint density at radius 3 is 2.51 bits per heavy atom. The van der Waals surface area contributed by atoms with E-state index >= 15 is 0 Å². The number of hydrogen-bond acceptors (Lipinski definition) is 13. The van der Waals surface area contributed by atoms with Crippen LogP contribution in [0.25, 0.3) is 10.9 Å². The molecule has 7 rings (SSSR count). The summed E-state index contributed by atoms with van der Waals surface area (Å²) in [5, 5.41) is 8.78. The normalized spacial score (nSPS) is 19.7. The van der Waals surface area contributed by atoms with E-state index in [4.69, 9.17) is 25.8 Å². The second-order valence-electron chi connectivity index (χ2n) is 13.4. The number of anilines is 3. The van der Waals surface area contributed by atoms with Crippen LogP contribution < -0.4 is 35.9 Å². The largest absolute Gasteiger partial charge is 0.492 e. The predicted octanol–water partition coefficient (Wildman–Crippen LogP) is 2.41. The van der Waals surface area contributed by atoms with Gasteiger partial charge in [-0.15, -0.1) is 0 Å². The first-order chi connectivity index (χ1) is 26.4. The van der Waals surface area contributed by atoms with Crippen molar-refractivity contribution in [2.75, 3.05) is 43.6 Å². The van der Waals surface area contributed by atoms with Crippen molar-refractivity contribution in [3.63, 3.8) is 0 Å². The first kappa shape index (κ1) is 37.3. The molecule has 0 bridgehead atoms. The summed E-state index contributed by atoms with van der Waals surface area (Å²) >= 11 is 6.51. The molecule has 2 aromatic heterocycles. The molecule has 3 unspecified atom stereocenters. The number of piperidine rings is 1. The minimum Gasteiger partial charge on any atom is -0.492 e. The minimum absolute atomic E-state index is 0.00356. The highest BCUT2D eigenvalue weighted by Crippen LogP contribution is 2.31. The van der Waals surface area contributed by atoms with Crippen molar-refractivity contribution in [1.82, 2.24) is 30.1 Å². The molecule has 2 fully saturated rings. The van der Waals surface area contributed by atoms with Crippen LogP contribution in [0.4, 0.5) is 17.5 Å². The molecule has 0 saturated carbocycles. The standard InChI is InChI=1S/C37H37ClN8O9/c1-19-16-44(17-20(2)55-19)37-40-15-26(38)32(43-37)41-22-4-7-27-21(12-22)13-29(54-18-31(48)39-3)36(52)45(27)10-11-53-23-5-6-24-25(14-23)35(51)46(34(24)50)28-8-9-30(47)42-33(28)49/h4-7,12-15,19-20,28H,8-11,16-18H2,1-3H3,(H,39,48)(H,40,41,43)(H,42,47,49). The van der Waals surface area contributed by atoms with Gasteiger partial charge in [-0.3, -0.25) is 39.0 Å². The van der Waals surface area contributed by atoms with Gasteiger partial charge >= 0.3 is 0 Å². The first-order valence-electron chi connectivity index (χ1n) is 17.6. The number of nitrogens with zero attached hydrogens (tertiary/aromatic N) is 5. The van der Waals surface area contributed by atoms with Gasteiger partial charge in [0, 0.05) is 37.6 Å². The third kappa shape index (κ3) is 7.65. The molecular weight excluding hydrogens is 736 g/mol. The van der Waals surface area contributed by atoms with E-state index in [0.29, 0.717) is 46.5 Å². The maximum atomic E-state index is 13.7. The Kier molecular flexibility index (Phi) is 10.4. The lowest BCUT2D eigenvalue weighted by molar-refractivity contribution is -0.136. The van der Waals surface area contributed by atoms with Crippen molar-refractivity contribution < 1.29 is 38.2 Å². The van der Waals surface area contributed by atoms with Gasteiger partial charge in [-0.2, -0.15) is 4.98 Å². The SMILES string of the molecule is CNC(=O)COc1cc2cc(Nc3nc(N4CC(C)OC(C)C4)ncc3Cl)ccc2n(CCOc2ccc3c(c2)C(=O)N(C2CCC(=O)NC2=O)C3=O)c1=O. The number of fused-ring (bicyclic) bond motifs is 2. The van der Waals surface area contributed by atoms with Crippen LogP contribution in [-0.2, 0) is 25.7 Å². The van der Waals surface area contributed by atoms with Crippen molar-refractivity contribution in [2.45, 2.75) is 51.5 Å². The second kappa shape index (κ2) is 15.3. The number of benzene rings is 2. The number of imide groups is 2. The van der Waals surface area contributed by atoms with Gasteiger partial charge in [0.15, 0.2) is 18.2 Å². The maximum Gasteiger partial charge on any atom is 0.293 e. The summed E-state index contributed by atoms with van der Waals surface area (Å²) in [5.41, 5.74) is 0.800. The third-order valence-electron chi connectivity index (χ3n) is 9.39. The summed E-state index contributed by atoms with van der Waals surface area (Å²) in [4.78, 5) is 88.2. The van der Waals surface area contributed by atoms with Gasteiger partial charge in [0.05, 0.1) is 41.6 Å². The van der Waals surface area contributed by atoms with E-state index in [1.165, 1.54) is 36.0 Å². The zero-order chi connectivity index (χ0) is 39.0. The van der Waals surface area contributed by atoms with E-state index in [1.807, 2.05) is 18.7 Å². The molecule has 0 spiro atoms. The van der Waals surface area contributed by atoms with Crippen LogP contribution in [0.2, 0.25) is 5.02 Å². The highest BCUT2D eigenvalue weighted by molar-refractivity contribution is 6.33. The number of pyridine rings is 1. The fraction of sp³-hybridized carbons (Fsp3) is 0.351. The Morgan fingerprint density at radius 1 is 1.00 bits per heavy atom. The lowest BCUT2D eigenvalue weighted by Crippen LogP contribution is -2.54. The summed E-state index contributed by atoms with van der Waals surface area (Å²) in [6.45, 7) is 4.82. The van der Waals surface area contributed by atoms with E-state index in [-0.39, 0.29) is 67.4 Å². The van der Waals surface area contributed by atoms with Crippen molar-refractivity contribution in [1.29, 1.82) is 0 Å². The van der Waals surface area contributed by atoms with Crippen molar-refractivity contribution in [2.24, 2.45) is 0 Å². The van der Waals surface area contributed by atoms with Crippen LogP contribution in [0.1, 0.15) is 47.4 Å². The molecule has 0 aliphatic carbocycles. The van der Waals surface area contributed by atoms with Crippen LogP contribution in [0.5, 0.6) is 11.5 Å². The average Bonchev–Trinajstić information content (AvgIpc) is 3.40. The Labute approximate surface area is 318 Å². The second-order valence-corrected chi connectivity index (χ2v) is 13.8. The van der Waals surface area contributed by atoms with Crippen molar-refractivity contribution >= 4 is 69.5 Å². The minimum atomic E-state index is -1.10. The van der Waals surface area contributed by atoms with Crippen molar-refractivity contribution in [3.8, 4) is 11.5 Å². The molecule has 3 aliphatic heterocycles. The molecule has 2 aromatic carbocycles. The quantitative estimate of drug-likeness (QED) is 0.188. The zero-order valence-corrected chi connectivity index (χ0v) is 30.8. The summed E-state index contributed by atoms with van der Waals surface area (Å²) in [7, 11) is 1.46. The van der Waals surface area contributed by atoms with Gasteiger partial charge < -0.3 is 34.3 Å². The Balaban J connectivity index is 1.11. The monoisotopic (exact) mass is 772 g/mol. The number of rotatable bonds is 11. The van der Waals surface area contributed by atoms with Crippen LogP contribution in [0.3, 0.4) is 0 Å². The van der Waals surface area contributed by atoms with Gasteiger partial charge in [-0.05, 0) is 62.7 Å². The van der Waals surface area contributed by atoms with Crippen LogP contribution in [0.15, 0.2) is 53.5 Å². The third-order valence-corrected chi connectivity index (χ3v) is 9.67. The van der Waals surface area contributed by atoms with E-state index in [0.717, 1.165) is 4.90 Å². The number of halogens is 1. The van der Waals surface area contributed by atoms with Gasteiger partial charge in [0.1, 0.15) is 23.4 Å². The van der Waals surface area contributed by atoms with Crippen LogP contribution >= 0.6 is 11.6 Å². The number of hydrogen-bond donors (Lipinski definition) is 3. The van der Waals surface area contributed by atoms with Gasteiger partial charge in [-0.1, -0.05) is 11.6 Å². The Bertz CT molecular complexity index is 2290. The van der Waals surface area contributed by atoms with E-state index in [9.17, 15) is 28.8 Å². The van der Waals surface area contributed by atoms with Crippen molar-refractivity contribution in [3.05, 3.63) is 75.2 Å². The number of nitrogens with one attached hydrogen (secondary N) is 3. The number of aromatic nitrogens is 3. The summed E-state index contributed by atoms with van der Waals surface area (Å²) < 4.78 is 18.9. The summed E-state index contributed by atoms with van der Waals surface area (Å²) in [5.74, 6) is -1.83. The predicted molar refractivity (Wildman–Crippen MR) is 199 cm³/mol. The fourth-order valence-corrected chi connectivity index (χ4v) is 6.99. The maximum absolute atomic E-state index is 13.7. The number of morpholine rings is 1. The highest BCUT2D eigenvalue weighted by Gasteiger charge is 2.44. The molecule has 286 valence electrons. The summed E-state index contributed by atoms with van der Waals surface area (Å²) in [6.07, 6.45) is 1.58. The molecule has 5 heterocycles. The molecule has 0 radical (unpaired) electrons. The molecule has 17 nitrogen and oxygen atoms in total. The van der Waals surface area contributed by atoms with Crippen LogP contribution in [-0.4, -0.2) is 101 Å². The molecular formula is C37H37ClN8O9. The number of carbonyl (C=O) groups is 5. The molecule has 3 atom stereocenters. The smallest absolute Gasteiger partial charge is 0.293 e. The van der Waals surface area contributed by atoms with E-state index in [2.05, 4.69) is 25.9 Å². The molecule has 5 amide bonds. The number of carbonyl (C=O) groups excluding carboxylic acids is 5.